The van der Waals surface area contributed by atoms with E-state index in [1.807, 2.05) is 12.1 Å². The normalized spacial score (nSPS) is 10.6. The van der Waals surface area contributed by atoms with Crippen molar-refractivity contribution in [3.63, 3.8) is 0 Å². The maximum Gasteiger partial charge on any atom is 0.371 e. The zero-order chi connectivity index (χ0) is 14.5. The number of carboxylic acids is 1. The van der Waals surface area contributed by atoms with Crippen LogP contribution < -0.4 is 16.4 Å². The highest BCUT2D eigenvalue weighted by atomic mass is 16.4. The maximum absolute atomic E-state index is 10.8. The number of carbonyl (C=O) groups is 2. The quantitative estimate of drug-likeness (QED) is 0.585. The Morgan fingerprint density at radius 3 is 2.75 bits per heavy atom. The van der Waals surface area contributed by atoms with Crippen LogP contribution in [0.3, 0.4) is 0 Å². The first-order valence-electron chi connectivity index (χ1n) is 6.06. The maximum atomic E-state index is 10.8. The standard InChI is InChI=1S/C13H15N3O4/c14-13(19)16-4-3-15-7-8-1-2-10-9(5-8)6-11(20-10)12(17)18/h1-2,5-6,15H,3-4,7H2,(H,17,18)(H3,14,16,19). The predicted octanol–water partition coefficient (Wildman–Crippen LogP) is 0.889. The molecule has 7 nitrogen and oxygen atoms in total. The minimum atomic E-state index is -1.08. The predicted molar refractivity (Wildman–Crippen MR) is 72.5 cm³/mol. The number of primary amides is 1. The van der Waals surface area contributed by atoms with Crippen LogP contribution in [0.5, 0.6) is 0 Å². The van der Waals surface area contributed by atoms with Gasteiger partial charge in [-0.25, -0.2) is 9.59 Å². The van der Waals surface area contributed by atoms with Crippen LogP contribution in [0.4, 0.5) is 4.79 Å². The largest absolute Gasteiger partial charge is 0.475 e. The third-order valence-corrected chi connectivity index (χ3v) is 2.72. The van der Waals surface area contributed by atoms with E-state index in [4.69, 9.17) is 15.3 Å². The lowest BCUT2D eigenvalue weighted by Crippen LogP contribution is -2.35. The molecule has 2 amide bonds. The van der Waals surface area contributed by atoms with Gasteiger partial charge in [-0.2, -0.15) is 0 Å². The third-order valence-electron chi connectivity index (χ3n) is 2.72. The van der Waals surface area contributed by atoms with Crippen molar-refractivity contribution in [2.24, 2.45) is 5.73 Å². The number of benzene rings is 1. The molecule has 0 saturated carbocycles. The first-order valence-corrected chi connectivity index (χ1v) is 6.06. The SMILES string of the molecule is NC(=O)NCCNCc1ccc2oc(C(=O)O)cc2c1. The fraction of sp³-hybridized carbons (Fsp3) is 0.231. The number of aromatic carboxylic acids is 1. The molecule has 0 atom stereocenters. The second-order valence-electron chi connectivity index (χ2n) is 4.26. The number of nitrogens with two attached hydrogens (primary N) is 1. The molecule has 0 aliphatic carbocycles. The number of rotatable bonds is 6. The summed E-state index contributed by atoms with van der Waals surface area (Å²) in [6, 6.07) is 6.40. The van der Waals surface area contributed by atoms with Crippen LogP contribution in [0, 0.1) is 0 Å². The van der Waals surface area contributed by atoms with Gasteiger partial charge in [-0.05, 0) is 23.8 Å². The summed E-state index contributed by atoms with van der Waals surface area (Å²) in [6.45, 7) is 1.64. The smallest absolute Gasteiger partial charge is 0.371 e. The van der Waals surface area contributed by atoms with Crippen LogP contribution in [0.2, 0.25) is 0 Å². The van der Waals surface area contributed by atoms with E-state index in [9.17, 15) is 9.59 Å². The number of carboxylic acid groups (broad SMARTS) is 1. The fourth-order valence-corrected chi connectivity index (χ4v) is 1.81. The van der Waals surface area contributed by atoms with Crippen LogP contribution in [-0.4, -0.2) is 30.2 Å². The molecule has 0 saturated heterocycles. The molecule has 0 spiro atoms. The van der Waals surface area contributed by atoms with Crippen molar-refractivity contribution >= 4 is 23.0 Å². The van der Waals surface area contributed by atoms with Crippen molar-refractivity contribution in [2.75, 3.05) is 13.1 Å². The number of furan rings is 1. The molecule has 5 N–H and O–H groups in total. The van der Waals surface area contributed by atoms with Gasteiger partial charge in [-0.15, -0.1) is 0 Å². The molecule has 0 radical (unpaired) electrons. The van der Waals surface area contributed by atoms with E-state index in [1.54, 1.807) is 6.07 Å². The van der Waals surface area contributed by atoms with Gasteiger partial charge in [0.2, 0.25) is 5.76 Å². The van der Waals surface area contributed by atoms with E-state index in [0.717, 1.165) is 10.9 Å². The molecule has 1 aromatic heterocycles. The first-order chi connectivity index (χ1) is 9.56. The first kappa shape index (κ1) is 13.9. The van der Waals surface area contributed by atoms with Gasteiger partial charge in [0, 0.05) is 25.0 Å². The molecule has 0 aliphatic rings. The van der Waals surface area contributed by atoms with Crippen LogP contribution >= 0.6 is 0 Å². The van der Waals surface area contributed by atoms with Crippen LogP contribution in [0.25, 0.3) is 11.0 Å². The second-order valence-corrected chi connectivity index (χ2v) is 4.26. The van der Waals surface area contributed by atoms with E-state index < -0.39 is 12.0 Å². The van der Waals surface area contributed by atoms with Crippen molar-refractivity contribution in [2.45, 2.75) is 6.54 Å². The van der Waals surface area contributed by atoms with Crippen molar-refractivity contribution in [1.82, 2.24) is 10.6 Å². The summed E-state index contributed by atoms with van der Waals surface area (Å²) in [4.78, 5) is 21.3. The van der Waals surface area contributed by atoms with E-state index in [0.29, 0.717) is 25.2 Å². The molecule has 106 valence electrons. The molecule has 0 bridgehead atoms. The molecule has 2 aromatic rings. The summed E-state index contributed by atoms with van der Waals surface area (Å²) in [5, 5.41) is 15.2. The fourth-order valence-electron chi connectivity index (χ4n) is 1.81. The van der Waals surface area contributed by atoms with Crippen molar-refractivity contribution in [3.05, 3.63) is 35.6 Å². The lowest BCUT2D eigenvalue weighted by molar-refractivity contribution is 0.0665. The number of hydrogen-bond acceptors (Lipinski definition) is 4. The van der Waals surface area contributed by atoms with Gasteiger partial charge in [0.25, 0.3) is 0 Å². The van der Waals surface area contributed by atoms with Gasteiger partial charge < -0.3 is 25.9 Å². The van der Waals surface area contributed by atoms with E-state index >= 15 is 0 Å². The van der Waals surface area contributed by atoms with Gasteiger partial charge >= 0.3 is 12.0 Å². The number of urea groups is 1. The molecule has 7 heteroatoms. The Balaban J connectivity index is 1.94. The van der Waals surface area contributed by atoms with Crippen LogP contribution in [-0.2, 0) is 6.54 Å². The van der Waals surface area contributed by atoms with E-state index in [2.05, 4.69) is 10.6 Å². The van der Waals surface area contributed by atoms with Gasteiger partial charge in [0.05, 0.1) is 0 Å². The summed E-state index contributed by atoms with van der Waals surface area (Å²) in [6.07, 6.45) is 0. The summed E-state index contributed by atoms with van der Waals surface area (Å²) in [5.41, 5.74) is 6.48. The Bertz CT molecular complexity index is 636. The molecule has 1 heterocycles. The molecule has 20 heavy (non-hydrogen) atoms. The van der Waals surface area contributed by atoms with Gasteiger partial charge in [-0.1, -0.05) is 6.07 Å². The molecule has 1 aromatic carbocycles. The van der Waals surface area contributed by atoms with Crippen LogP contribution in [0.15, 0.2) is 28.7 Å². The van der Waals surface area contributed by atoms with Crippen molar-refractivity contribution in [1.29, 1.82) is 0 Å². The number of hydrogen-bond donors (Lipinski definition) is 4. The van der Waals surface area contributed by atoms with Crippen LogP contribution in [0.1, 0.15) is 16.1 Å². The Labute approximate surface area is 114 Å². The van der Waals surface area contributed by atoms with E-state index in [-0.39, 0.29) is 5.76 Å². The minimum Gasteiger partial charge on any atom is -0.475 e. The van der Waals surface area contributed by atoms with Gasteiger partial charge in [0.1, 0.15) is 5.58 Å². The highest BCUT2D eigenvalue weighted by Gasteiger charge is 2.10. The minimum absolute atomic E-state index is 0.0734. The average molecular weight is 277 g/mol. The number of carbonyl (C=O) groups excluding carboxylic acids is 1. The molecule has 0 fully saturated rings. The zero-order valence-electron chi connectivity index (χ0n) is 10.7. The Hall–Kier alpha value is -2.54. The summed E-state index contributed by atoms with van der Waals surface area (Å²) in [5.74, 6) is -1.16. The topological polar surface area (TPSA) is 118 Å². The highest BCUT2D eigenvalue weighted by molar-refractivity contribution is 5.91. The lowest BCUT2D eigenvalue weighted by atomic mass is 10.1. The Kier molecular flexibility index (Phi) is 4.21. The van der Waals surface area contributed by atoms with Gasteiger partial charge in [-0.3, -0.25) is 0 Å². The van der Waals surface area contributed by atoms with Crippen molar-refractivity contribution in [3.8, 4) is 0 Å². The lowest BCUT2D eigenvalue weighted by Gasteiger charge is -2.05. The molecular formula is C13H15N3O4. The average Bonchev–Trinajstić information content (AvgIpc) is 2.81. The monoisotopic (exact) mass is 277 g/mol. The number of fused-ring (bicyclic) bond motifs is 1. The third kappa shape index (κ3) is 3.48. The Morgan fingerprint density at radius 1 is 1.25 bits per heavy atom. The molecule has 0 unspecified atom stereocenters. The molecule has 0 aliphatic heterocycles. The summed E-state index contributed by atoms with van der Waals surface area (Å²) >= 11 is 0. The van der Waals surface area contributed by atoms with Gasteiger partial charge in [0.15, 0.2) is 0 Å². The second kappa shape index (κ2) is 6.07. The summed E-state index contributed by atoms with van der Waals surface area (Å²) < 4.78 is 5.17. The van der Waals surface area contributed by atoms with E-state index in [1.165, 1.54) is 6.07 Å². The van der Waals surface area contributed by atoms with Crippen molar-refractivity contribution < 1.29 is 19.1 Å². The highest BCUT2D eigenvalue weighted by Crippen LogP contribution is 2.20. The Morgan fingerprint density at radius 2 is 2.05 bits per heavy atom. The number of amides is 2. The molecule has 2 rings (SSSR count). The number of nitrogens with one attached hydrogen (secondary N) is 2. The molecular weight excluding hydrogens is 262 g/mol. The zero-order valence-corrected chi connectivity index (χ0v) is 10.7. The summed E-state index contributed by atoms with van der Waals surface area (Å²) in [7, 11) is 0.